The number of rotatable bonds is 0. The fraction of sp³-hybridized carbons (Fsp3) is 1.00. The molecule has 2 N–H and O–H groups in total. The molecular formula is C9H16FNS. The topological polar surface area (TPSA) is 26.0 Å². The van der Waals surface area contributed by atoms with Crippen molar-refractivity contribution in [1.29, 1.82) is 0 Å². The van der Waals surface area contributed by atoms with E-state index in [9.17, 15) is 4.39 Å². The molecule has 2 atom stereocenters. The number of fused-ring (bicyclic) bond motifs is 2. The van der Waals surface area contributed by atoms with Gasteiger partial charge in [0.15, 0.2) is 0 Å². The summed E-state index contributed by atoms with van der Waals surface area (Å²) in [6.45, 7) is 1.73. The average molecular weight is 189 g/mol. The van der Waals surface area contributed by atoms with Gasteiger partial charge in [0.2, 0.25) is 0 Å². The van der Waals surface area contributed by atoms with Crippen molar-refractivity contribution in [3.05, 3.63) is 0 Å². The first-order valence-electron chi connectivity index (χ1n) is 4.61. The van der Waals surface area contributed by atoms with Crippen LogP contribution in [0.1, 0.15) is 19.8 Å². The molecule has 0 aromatic heterocycles. The van der Waals surface area contributed by atoms with E-state index < -0.39 is 5.67 Å². The Morgan fingerprint density at radius 2 is 1.83 bits per heavy atom. The van der Waals surface area contributed by atoms with Crippen LogP contribution in [-0.4, -0.2) is 23.2 Å². The highest BCUT2D eigenvalue weighted by molar-refractivity contribution is 7.99. The summed E-state index contributed by atoms with van der Waals surface area (Å²) in [5.41, 5.74) is 5.09. The van der Waals surface area contributed by atoms with Gasteiger partial charge in [0, 0.05) is 6.04 Å². The third-order valence-electron chi connectivity index (χ3n) is 3.13. The Balaban J connectivity index is 2.12. The molecule has 2 bridgehead atoms. The van der Waals surface area contributed by atoms with E-state index in [4.69, 9.17) is 5.73 Å². The number of thioether (sulfide) groups is 1. The Labute approximate surface area is 77.3 Å². The molecule has 1 heterocycles. The molecule has 0 aromatic rings. The normalized spacial score (nSPS) is 53.8. The lowest BCUT2D eigenvalue weighted by molar-refractivity contribution is 0.0552. The van der Waals surface area contributed by atoms with Gasteiger partial charge < -0.3 is 5.73 Å². The molecule has 1 saturated carbocycles. The van der Waals surface area contributed by atoms with Gasteiger partial charge in [0.1, 0.15) is 5.67 Å². The van der Waals surface area contributed by atoms with E-state index in [0.717, 1.165) is 11.5 Å². The Morgan fingerprint density at radius 1 is 1.33 bits per heavy atom. The molecule has 1 aliphatic heterocycles. The lowest BCUT2D eigenvalue weighted by Crippen LogP contribution is -2.52. The first-order chi connectivity index (χ1) is 5.58. The quantitative estimate of drug-likeness (QED) is 0.629. The van der Waals surface area contributed by atoms with Gasteiger partial charge in [-0.05, 0) is 43.1 Å². The molecule has 2 rings (SSSR count). The molecule has 2 aliphatic rings. The standard InChI is InChI=1S/C9H16FNS/c1-9(10)2-6-4-12-5-7(3-9)8(6)11/h6-8H,2-5,11H2,1H3. The van der Waals surface area contributed by atoms with Crippen molar-refractivity contribution in [2.24, 2.45) is 17.6 Å². The maximum absolute atomic E-state index is 13.7. The minimum Gasteiger partial charge on any atom is -0.327 e. The van der Waals surface area contributed by atoms with Crippen LogP contribution >= 0.6 is 11.8 Å². The molecule has 1 nitrogen and oxygen atoms in total. The second kappa shape index (κ2) is 2.88. The minimum atomic E-state index is -0.938. The smallest absolute Gasteiger partial charge is 0.109 e. The van der Waals surface area contributed by atoms with Crippen LogP contribution in [0.2, 0.25) is 0 Å². The maximum atomic E-state index is 13.7. The highest BCUT2D eigenvalue weighted by Gasteiger charge is 2.44. The number of hydrogen-bond acceptors (Lipinski definition) is 2. The van der Waals surface area contributed by atoms with Crippen LogP contribution in [0.3, 0.4) is 0 Å². The lowest BCUT2D eigenvalue weighted by atomic mass is 9.72. The highest BCUT2D eigenvalue weighted by atomic mass is 32.2. The van der Waals surface area contributed by atoms with Crippen molar-refractivity contribution in [3.8, 4) is 0 Å². The molecule has 2 unspecified atom stereocenters. The first kappa shape index (κ1) is 8.82. The Kier molecular flexibility index (Phi) is 2.11. The lowest BCUT2D eigenvalue weighted by Gasteiger charge is -2.45. The van der Waals surface area contributed by atoms with Crippen LogP contribution < -0.4 is 5.73 Å². The Bertz CT molecular complexity index is 167. The van der Waals surface area contributed by atoms with Gasteiger partial charge in [0.05, 0.1) is 0 Å². The molecular weight excluding hydrogens is 173 g/mol. The molecule has 2 fully saturated rings. The van der Waals surface area contributed by atoms with Crippen LogP contribution in [0.4, 0.5) is 4.39 Å². The van der Waals surface area contributed by atoms with Crippen LogP contribution in [0.15, 0.2) is 0 Å². The van der Waals surface area contributed by atoms with Crippen molar-refractivity contribution in [3.63, 3.8) is 0 Å². The SMILES string of the molecule is CC1(F)CC2CSCC(C1)C2N. The van der Waals surface area contributed by atoms with E-state index in [1.165, 1.54) is 0 Å². The number of halogens is 1. The van der Waals surface area contributed by atoms with E-state index >= 15 is 0 Å². The van der Waals surface area contributed by atoms with Crippen molar-refractivity contribution in [2.45, 2.75) is 31.5 Å². The third kappa shape index (κ3) is 1.49. The van der Waals surface area contributed by atoms with E-state index in [1.54, 1.807) is 6.92 Å². The molecule has 12 heavy (non-hydrogen) atoms. The zero-order chi connectivity index (χ0) is 8.77. The van der Waals surface area contributed by atoms with Crippen molar-refractivity contribution in [1.82, 2.24) is 0 Å². The van der Waals surface area contributed by atoms with E-state index in [-0.39, 0.29) is 6.04 Å². The van der Waals surface area contributed by atoms with Gasteiger partial charge in [-0.1, -0.05) is 0 Å². The first-order valence-corrected chi connectivity index (χ1v) is 5.76. The predicted molar refractivity (Wildman–Crippen MR) is 51.0 cm³/mol. The Hall–Kier alpha value is 0.240. The average Bonchev–Trinajstić information content (AvgIpc) is 1.92. The predicted octanol–water partition coefficient (Wildman–Crippen LogP) is 1.81. The second-order valence-electron chi connectivity index (χ2n) is 4.46. The van der Waals surface area contributed by atoms with Crippen molar-refractivity contribution < 1.29 is 4.39 Å². The molecule has 0 radical (unpaired) electrons. The zero-order valence-electron chi connectivity index (χ0n) is 7.42. The molecule has 1 saturated heterocycles. The zero-order valence-corrected chi connectivity index (χ0v) is 8.24. The fourth-order valence-corrected chi connectivity index (χ4v) is 3.97. The molecule has 0 amide bonds. The molecule has 70 valence electrons. The number of alkyl halides is 1. The summed E-state index contributed by atoms with van der Waals surface area (Å²) >= 11 is 1.94. The van der Waals surface area contributed by atoms with Crippen LogP contribution in [0.5, 0.6) is 0 Å². The molecule has 3 heteroatoms. The van der Waals surface area contributed by atoms with Gasteiger partial charge in [0.25, 0.3) is 0 Å². The van der Waals surface area contributed by atoms with Crippen LogP contribution in [0.25, 0.3) is 0 Å². The van der Waals surface area contributed by atoms with Crippen molar-refractivity contribution in [2.75, 3.05) is 11.5 Å². The summed E-state index contributed by atoms with van der Waals surface area (Å²) in [5, 5.41) is 0. The third-order valence-corrected chi connectivity index (χ3v) is 4.46. The van der Waals surface area contributed by atoms with Gasteiger partial charge in [-0.3, -0.25) is 0 Å². The summed E-state index contributed by atoms with van der Waals surface area (Å²) in [7, 11) is 0. The van der Waals surface area contributed by atoms with Gasteiger partial charge in [-0.25, -0.2) is 4.39 Å². The second-order valence-corrected chi connectivity index (χ2v) is 5.53. The molecule has 0 spiro atoms. The number of nitrogens with two attached hydrogens (primary N) is 1. The summed E-state index contributed by atoms with van der Waals surface area (Å²) in [5.74, 6) is 2.99. The molecule has 1 aliphatic carbocycles. The summed E-state index contributed by atoms with van der Waals surface area (Å²) in [4.78, 5) is 0. The van der Waals surface area contributed by atoms with Gasteiger partial charge >= 0.3 is 0 Å². The van der Waals surface area contributed by atoms with Gasteiger partial charge in [-0.2, -0.15) is 11.8 Å². The minimum absolute atomic E-state index is 0.273. The fourth-order valence-electron chi connectivity index (χ4n) is 2.54. The monoisotopic (exact) mass is 189 g/mol. The Morgan fingerprint density at radius 3 is 2.33 bits per heavy atom. The summed E-state index contributed by atoms with van der Waals surface area (Å²) < 4.78 is 13.7. The van der Waals surface area contributed by atoms with E-state index in [1.807, 2.05) is 11.8 Å². The van der Waals surface area contributed by atoms with Crippen LogP contribution in [0, 0.1) is 11.8 Å². The largest absolute Gasteiger partial charge is 0.327 e. The van der Waals surface area contributed by atoms with Crippen molar-refractivity contribution >= 4 is 11.8 Å². The maximum Gasteiger partial charge on any atom is 0.109 e. The van der Waals surface area contributed by atoms with Crippen LogP contribution in [-0.2, 0) is 0 Å². The van der Waals surface area contributed by atoms with Gasteiger partial charge in [-0.15, -0.1) is 0 Å². The summed E-state index contributed by atoms with van der Waals surface area (Å²) in [6.07, 6.45) is 1.36. The van der Waals surface area contributed by atoms with E-state index in [0.29, 0.717) is 24.7 Å². The number of hydrogen-bond donors (Lipinski definition) is 1. The molecule has 0 aromatic carbocycles. The highest BCUT2D eigenvalue weighted by Crippen LogP contribution is 2.43. The van der Waals surface area contributed by atoms with E-state index in [2.05, 4.69) is 0 Å². The summed E-state index contributed by atoms with van der Waals surface area (Å²) in [6, 6.07) is 0.273.